The summed E-state index contributed by atoms with van der Waals surface area (Å²) in [6.07, 6.45) is 3.24. The number of carbonyl (C=O) groups excluding carboxylic acids is 2. The number of benzene rings is 2. The third-order valence-corrected chi connectivity index (χ3v) is 5.41. The van der Waals surface area contributed by atoms with Crippen molar-refractivity contribution in [2.24, 2.45) is 0 Å². The molecule has 4 aromatic rings. The van der Waals surface area contributed by atoms with Crippen LogP contribution in [0.25, 0.3) is 0 Å². The van der Waals surface area contributed by atoms with Crippen molar-refractivity contribution in [1.29, 1.82) is 0 Å². The predicted octanol–water partition coefficient (Wildman–Crippen LogP) is 3.63. The van der Waals surface area contributed by atoms with Crippen LogP contribution in [0.4, 0.5) is 0 Å². The Balaban J connectivity index is 1.68. The van der Waals surface area contributed by atoms with Gasteiger partial charge in [-0.25, -0.2) is 0 Å². The highest BCUT2D eigenvalue weighted by molar-refractivity contribution is 7.03. The number of hydrogen-bond acceptors (Lipinski definition) is 6. The largest absolute Gasteiger partial charge is 0.350 e. The van der Waals surface area contributed by atoms with Crippen LogP contribution in [0.1, 0.15) is 33.2 Å². The van der Waals surface area contributed by atoms with Crippen LogP contribution in [0.3, 0.4) is 0 Å². The molecule has 0 spiro atoms. The van der Waals surface area contributed by atoms with Gasteiger partial charge in [-0.3, -0.25) is 14.6 Å². The average Bonchev–Trinajstić information content (AvgIpc) is 3.39. The SMILES string of the molecule is O=C(NCc1ccccc1)[C@H](c1cccnc1)N(Cc1ccccc1)C(=O)c1csnn1. The van der Waals surface area contributed by atoms with Gasteiger partial charge in [-0.05, 0) is 28.7 Å². The second-order valence-corrected chi connectivity index (χ2v) is 7.71. The number of carbonyl (C=O) groups is 2. The van der Waals surface area contributed by atoms with Gasteiger partial charge in [0, 0.05) is 36.4 Å². The molecule has 1 N–H and O–H groups in total. The number of pyridine rings is 1. The van der Waals surface area contributed by atoms with E-state index in [1.54, 1.807) is 29.9 Å². The molecule has 2 aromatic heterocycles. The molecule has 0 saturated heterocycles. The molecule has 2 amide bonds. The van der Waals surface area contributed by atoms with Gasteiger partial charge in [-0.1, -0.05) is 71.2 Å². The minimum atomic E-state index is -0.887. The quantitative estimate of drug-likeness (QED) is 0.449. The minimum Gasteiger partial charge on any atom is -0.350 e. The molecule has 0 aliphatic rings. The van der Waals surface area contributed by atoms with Gasteiger partial charge in [0.25, 0.3) is 5.91 Å². The summed E-state index contributed by atoms with van der Waals surface area (Å²) in [7, 11) is 0. The molecule has 0 unspecified atom stereocenters. The molecule has 2 aromatic carbocycles. The summed E-state index contributed by atoms with van der Waals surface area (Å²) in [5, 5.41) is 8.49. The summed E-state index contributed by atoms with van der Waals surface area (Å²) in [4.78, 5) is 32.6. The molecule has 160 valence electrons. The Bertz CT molecular complexity index is 1140. The molecule has 8 heteroatoms. The zero-order chi connectivity index (χ0) is 22.2. The summed E-state index contributed by atoms with van der Waals surface area (Å²) < 4.78 is 3.82. The number of rotatable bonds is 8. The number of hydrogen-bond donors (Lipinski definition) is 1. The molecular formula is C24H21N5O2S. The highest BCUT2D eigenvalue weighted by Gasteiger charge is 2.33. The summed E-state index contributed by atoms with van der Waals surface area (Å²) in [6.45, 7) is 0.581. The van der Waals surface area contributed by atoms with Crippen molar-refractivity contribution in [3.8, 4) is 0 Å². The van der Waals surface area contributed by atoms with E-state index >= 15 is 0 Å². The van der Waals surface area contributed by atoms with E-state index in [0.29, 0.717) is 12.1 Å². The summed E-state index contributed by atoms with van der Waals surface area (Å²) in [5.74, 6) is -0.666. The average molecular weight is 444 g/mol. The lowest BCUT2D eigenvalue weighted by Crippen LogP contribution is -2.43. The van der Waals surface area contributed by atoms with Crippen molar-refractivity contribution >= 4 is 23.3 Å². The molecule has 0 aliphatic carbocycles. The van der Waals surface area contributed by atoms with Gasteiger partial charge >= 0.3 is 0 Å². The fraction of sp³-hybridized carbons (Fsp3) is 0.125. The first-order valence-corrected chi connectivity index (χ1v) is 10.9. The van der Waals surface area contributed by atoms with E-state index in [1.807, 2.05) is 60.7 Å². The first kappa shape index (κ1) is 21.3. The van der Waals surface area contributed by atoms with Crippen molar-refractivity contribution in [3.63, 3.8) is 0 Å². The van der Waals surface area contributed by atoms with Gasteiger partial charge in [-0.15, -0.1) is 5.10 Å². The predicted molar refractivity (Wildman–Crippen MR) is 121 cm³/mol. The number of nitrogens with one attached hydrogen (secondary N) is 1. The molecule has 0 radical (unpaired) electrons. The lowest BCUT2D eigenvalue weighted by Gasteiger charge is -2.30. The molecule has 4 rings (SSSR count). The van der Waals surface area contributed by atoms with Crippen molar-refractivity contribution in [3.05, 3.63) is 113 Å². The minimum absolute atomic E-state index is 0.204. The van der Waals surface area contributed by atoms with E-state index in [2.05, 4.69) is 19.9 Å². The summed E-state index contributed by atoms with van der Waals surface area (Å²) in [5.41, 5.74) is 2.69. The van der Waals surface area contributed by atoms with Gasteiger partial charge in [0.1, 0.15) is 6.04 Å². The highest BCUT2D eigenvalue weighted by Crippen LogP contribution is 2.25. The van der Waals surface area contributed by atoms with Crippen LogP contribution in [-0.4, -0.2) is 31.3 Å². The van der Waals surface area contributed by atoms with Crippen LogP contribution in [-0.2, 0) is 17.9 Å². The lowest BCUT2D eigenvalue weighted by atomic mass is 10.0. The normalized spacial score (nSPS) is 11.5. The maximum absolute atomic E-state index is 13.5. The van der Waals surface area contributed by atoms with Crippen LogP contribution in [0.2, 0.25) is 0 Å². The molecule has 0 fully saturated rings. The Morgan fingerprint density at radius 1 is 0.938 bits per heavy atom. The van der Waals surface area contributed by atoms with Crippen molar-refractivity contribution < 1.29 is 9.59 Å². The van der Waals surface area contributed by atoms with Gasteiger partial charge < -0.3 is 10.2 Å². The molecule has 0 saturated carbocycles. The number of aromatic nitrogens is 3. The molecule has 32 heavy (non-hydrogen) atoms. The van der Waals surface area contributed by atoms with Crippen LogP contribution in [0, 0.1) is 0 Å². The maximum Gasteiger partial charge on any atom is 0.276 e. The van der Waals surface area contributed by atoms with Gasteiger partial charge in [-0.2, -0.15) is 0 Å². The van der Waals surface area contributed by atoms with E-state index in [1.165, 1.54) is 4.90 Å². The van der Waals surface area contributed by atoms with Gasteiger partial charge in [0.2, 0.25) is 5.91 Å². The third kappa shape index (κ3) is 5.22. The second kappa shape index (κ2) is 10.4. The van der Waals surface area contributed by atoms with Crippen LogP contribution in [0.5, 0.6) is 0 Å². The number of nitrogens with zero attached hydrogens (tertiary/aromatic N) is 4. The molecule has 1 atom stereocenters. The number of amides is 2. The smallest absolute Gasteiger partial charge is 0.276 e. The second-order valence-electron chi connectivity index (χ2n) is 7.10. The fourth-order valence-corrected chi connectivity index (χ4v) is 3.79. The Labute approximate surface area is 189 Å². The Kier molecular flexibility index (Phi) is 6.94. The topological polar surface area (TPSA) is 88.1 Å². The van der Waals surface area contributed by atoms with Crippen molar-refractivity contribution in [2.75, 3.05) is 0 Å². The van der Waals surface area contributed by atoms with E-state index in [4.69, 9.17) is 0 Å². The summed E-state index contributed by atoms with van der Waals surface area (Å²) >= 11 is 1.09. The third-order valence-electron chi connectivity index (χ3n) is 4.91. The summed E-state index contributed by atoms with van der Waals surface area (Å²) in [6, 6.07) is 21.8. The Morgan fingerprint density at radius 2 is 1.66 bits per heavy atom. The van der Waals surface area contributed by atoms with Gasteiger partial charge in [0.15, 0.2) is 5.69 Å². The Morgan fingerprint density at radius 3 is 2.28 bits per heavy atom. The molecular weight excluding hydrogens is 422 g/mol. The molecule has 0 bridgehead atoms. The van der Waals surface area contributed by atoms with Crippen LogP contribution >= 0.6 is 11.5 Å². The zero-order valence-electron chi connectivity index (χ0n) is 17.2. The molecule has 0 aliphatic heterocycles. The lowest BCUT2D eigenvalue weighted by molar-refractivity contribution is -0.126. The highest BCUT2D eigenvalue weighted by atomic mass is 32.1. The van der Waals surface area contributed by atoms with E-state index in [9.17, 15) is 9.59 Å². The van der Waals surface area contributed by atoms with Crippen molar-refractivity contribution in [2.45, 2.75) is 19.1 Å². The van der Waals surface area contributed by atoms with Crippen molar-refractivity contribution in [1.82, 2.24) is 24.8 Å². The molecule has 2 heterocycles. The van der Waals surface area contributed by atoms with E-state index in [-0.39, 0.29) is 24.1 Å². The first-order chi connectivity index (χ1) is 15.7. The zero-order valence-corrected chi connectivity index (χ0v) is 18.0. The monoisotopic (exact) mass is 443 g/mol. The fourth-order valence-electron chi connectivity index (χ4n) is 3.36. The first-order valence-electron chi connectivity index (χ1n) is 10.1. The standard InChI is InChI=1S/C24H21N5O2S/c30-23(26-14-18-8-3-1-4-9-18)22(20-12-7-13-25-15-20)29(16-19-10-5-2-6-11-19)24(31)21-17-32-28-27-21/h1-13,15,17,22H,14,16H2,(H,26,30)/t22-/m0/s1. The Hall–Kier alpha value is -3.91. The van der Waals surface area contributed by atoms with Crippen LogP contribution in [0.15, 0.2) is 90.6 Å². The van der Waals surface area contributed by atoms with E-state index in [0.717, 1.165) is 22.7 Å². The molecule has 7 nitrogen and oxygen atoms in total. The van der Waals surface area contributed by atoms with E-state index < -0.39 is 6.04 Å². The van der Waals surface area contributed by atoms with Crippen LogP contribution < -0.4 is 5.32 Å². The van der Waals surface area contributed by atoms with Gasteiger partial charge in [0.05, 0.1) is 0 Å². The maximum atomic E-state index is 13.5.